The van der Waals surface area contributed by atoms with E-state index in [0.29, 0.717) is 27.9 Å². The fraction of sp³-hybridized carbons (Fsp3) is 0.217. The molecule has 0 saturated carbocycles. The van der Waals surface area contributed by atoms with Crippen molar-refractivity contribution in [3.63, 3.8) is 0 Å². The SMILES string of the molecule is CCOC(=O)C1=C(C)N(CC(=O)Nc2ccc(Cl)cc2)c2ncnn2C1c1ccccc1. The molecule has 0 saturated heterocycles. The van der Waals surface area contributed by atoms with Gasteiger partial charge in [0, 0.05) is 16.4 Å². The molecule has 4 rings (SSSR count). The average Bonchev–Trinajstić information content (AvgIpc) is 3.27. The molecular formula is C23H22ClN5O3. The first kappa shape index (κ1) is 21.6. The number of esters is 1. The second-order valence-corrected chi connectivity index (χ2v) is 7.62. The Bertz CT molecular complexity index is 1160. The highest BCUT2D eigenvalue weighted by atomic mass is 35.5. The minimum Gasteiger partial charge on any atom is -0.463 e. The van der Waals surface area contributed by atoms with Crippen molar-refractivity contribution in [3.05, 3.63) is 82.8 Å². The summed E-state index contributed by atoms with van der Waals surface area (Å²) >= 11 is 5.91. The number of fused-ring (bicyclic) bond motifs is 1. The van der Waals surface area contributed by atoms with E-state index in [4.69, 9.17) is 16.3 Å². The molecule has 32 heavy (non-hydrogen) atoms. The predicted octanol–water partition coefficient (Wildman–Crippen LogP) is 3.82. The van der Waals surface area contributed by atoms with Crippen LogP contribution in [0.3, 0.4) is 0 Å². The maximum Gasteiger partial charge on any atom is 0.338 e. The topological polar surface area (TPSA) is 89.3 Å². The van der Waals surface area contributed by atoms with Crippen LogP contribution in [0.15, 0.2) is 72.2 Å². The summed E-state index contributed by atoms with van der Waals surface area (Å²) in [5.41, 5.74) is 2.48. The summed E-state index contributed by atoms with van der Waals surface area (Å²) in [5.74, 6) is -0.263. The molecule has 2 aromatic carbocycles. The number of benzene rings is 2. The molecule has 1 aliphatic heterocycles. The van der Waals surface area contributed by atoms with Gasteiger partial charge in [0.2, 0.25) is 11.9 Å². The highest BCUT2D eigenvalue weighted by Crippen LogP contribution is 2.38. The number of hydrogen-bond acceptors (Lipinski definition) is 6. The molecular weight excluding hydrogens is 430 g/mol. The summed E-state index contributed by atoms with van der Waals surface area (Å²) in [7, 11) is 0. The number of ether oxygens (including phenoxy) is 1. The first-order chi connectivity index (χ1) is 15.5. The fourth-order valence-corrected chi connectivity index (χ4v) is 3.84. The van der Waals surface area contributed by atoms with Gasteiger partial charge >= 0.3 is 5.97 Å². The first-order valence-electron chi connectivity index (χ1n) is 10.1. The molecule has 1 N–H and O–H groups in total. The summed E-state index contributed by atoms with van der Waals surface area (Å²) in [6, 6.07) is 15.9. The van der Waals surface area contributed by atoms with Crippen molar-refractivity contribution in [1.82, 2.24) is 14.8 Å². The zero-order valence-corrected chi connectivity index (χ0v) is 18.4. The number of rotatable bonds is 6. The lowest BCUT2D eigenvalue weighted by atomic mass is 9.95. The Morgan fingerprint density at radius 1 is 1.12 bits per heavy atom. The van der Waals surface area contributed by atoms with E-state index in [9.17, 15) is 9.59 Å². The largest absolute Gasteiger partial charge is 0.463 e. The van der Waals surface area contributed by atoms with Gasteiger partial charge in [-0.25, -0.2) is 9.48 Å². The number of aromatic nitrogens is 3. The van der Waals surface area contributed by atoms with Crippen molar-refractivity contribution >= 4 is 35.1 Å². The maximum atomic E-state index is 13.0. The van der Waals surface area contributed by atoms with Crippen LogP contribution in [-0.2, 0) is 14.3 Å². The zero-order valence-electron chi connectivity index (χ0n) is 17.7. The smallest absolute Gasteiger partial charge is 0.338 e. The van der Waals surface area contributed by atoms with Crippen molar-refractivity contribution in [2.45, 2.75) is 19.9 Å². The van der Waals surface area contributed by atoms with Crippen LogP contribution < -0.4 is 10.2 Å². The molecule has 1 aliphatic rings. The van der Waals surface area contributed by atoms with Gasteiger partial charge in [0.25, 0.3) is 0 Å². The minimum absolute atomic E-state index is 0.0580. The Labute approximate surface area is 190 Å². The fourth-order valence-electron chi connectivity index (χ4n) is 3.71. The molecule has 0 spiro atoms. The molecule has 9 heteroatoms. The molecule has 1 aromatic heterocycles. The highest BCUT2D eigenvalue weighted by molar-refractivity contribution is 6.30. The Balaban J connectivity index is 1.71. The van der Waals surface area contributed by atoms with Crippen LogP contribution in [0.25, 0.3) is 0 Å². The molecule has 1 atom stereocenters. The quantitative estimate of drug-likeness (QED) is 0.573. The van der Waals surface area contributed by atoms with E-state index in [1.807, 2.05) is 30.3 Å². The average molecular weight is 452 g/mol. The number of nitrogens with zero attached hydrogens (tertiary/aromatic N) is 4. The number of hydrogen-bond donors (Lipinski definition) is 1. The van der Waals surface area contributed by atoms with E-state index in [0.717, 1.165) is 5.56 Å². The summed E-state index contributed by atoms with van der Waals surface area (Å²) in [5, 5.41) is 7.79. The van der Waals surface area contributed by atoms with Crippen molar-refractivity contribution in [2.24, 2.45) is 0 Å². The molecule has 3 aromatic rings. The summed E-state index contributed by atoms with van der Waals surface area (Å²) < 4.78 is 7.00. The molecule has 0 bridgehead atoms. The first-order valence-corrected chi connectivity index (χ1v) is 10.5. The maximum absolute atomic E-state index is 13.0. The Hall–Kier alpha value is -3.65. The lowest BCUT2D eigenvalue weighted by molar-refractivity contribution is -0.139. The van der Waals surface area contributed by atoms with E-state index in [-0.39, 0.29) is 19.1 Å². The number of halogens is 1. The van der Waals surface area contributed by atoms with Gasteiger partial charge in [0.1, 0.15) is 18.9 Å². The van der Waals surface area contributed by atoms with Gasteiger partial charge in [0.15, 0.2) is 0 Å². The Morgan fingerprint density at radius 3 is 2.53 bits per heavy atom. The zero-order chi connectivity index (χ0) is 22.7. The third-order valence-corrected chi connectivity index (χ3v) is 5.40. The Morgan fingerprint density at radius 2 is 1.84 bits per heavy atom. The number of nitrogens with one attached hydrogen (secondary N) is 1. The number of anilines is 2. The van der Waals surface area contributed by atoms with Crippen molar-refractivity contribution < 1.29 is 14.3 Å². The minimum atomic E-state index is -0.511. The normalized spacial score (nSPS) is 15.3. The molecule has 0 radical (unpaired) electrons. The predicted molar refractivity (Wildman–Crippen MR) is 121 cm³/mol. The van der Waals surface area contributed by atoms with Gasteiger partial charge in [-0.15, -0.1) is 0 Å². The van der Waals surface area contributed by atoms with Gasteiger partial charge in [-0.05, 0) is 43.7 Å². The molecule has 1 amide bonds. The lowest BCUT2D eigenvalue weighted by Crippen LogP contribution is -2.40. The molecule has 1 unspecified atom stereocenters. The molecule has 0 aliphatic carbocycles. The van der Waals surface area contributed by atoms with Crippen molar-refractivity contribution in [3.8, 4) is 0 Å². The standard InChI is InChI=1S/C23H22ClN5O3/c1-3-32-22(31)20-15(2)28(13-19(30)27-18-11-9-17(24)10-12-18)23-25-14-26-29(23)21(20)16-7-5-4-6-8-16/h4-12,14,21H,3,13H2,1-2H3,(H,27,30). The van der Waals surface area contributed by atoms with Crippen molar-refractivity contribution in [1.29, 1.82) is 0 Å². The van der Waals surface area contributed by atoms with E-state index < -0.39 is 12.0 Å². The van der Waals surface area contributed by atoms with E-state index in [1.54, 1.807) is 47.7 Å². The van der Waals surface area contributed by atoms with Crippen molar-refractivity contribution in [2.75, 3.05) is 23.4 Å². The molecule has 164 valence electrons. The third kappa shape index (κ3) is 4.22. The van der Waals surface area contributed by atoms with Crippen LogP contribution in [0.2, 0.25) is 5.02 Å². The summed E-state index contributed by atoms with van der Waals surface area (Å²) in [6.07, 6.45) is 1.41. The van der Waals surface area contributed by atoms with Crippen LogP contribution >= 0.6 is 11.6 Å². The Kier molecular flexibility index (Phi) is 6.23. The van der Waals surface area contributed by atoms with Crippen LogP contribution in [0.1, 0.15) is 25.5 Å². The number of amides is 1. The summed E-state index contributed by atoms with van der Waals surface area (Å²) in [6.45, 7) is 3.72. The van der Waals surface area contributed by atoms with E-state index in [1.165, 1.54) is 6.33 Å². The third-order valence-electron chi connectivity index (χ3n) is 5.15. The van der Waals surface area contributed by atoms with Gasteiger partial charge in [-0.1, -0.05) is 41.9 Å². The molecule has 8 nitrogen and oxygen atoms in total. The highest BCUT2D eigenvalue weighted by Gasteiger charge is 2.38. The lowest BCUT2D eigenvalue weighted by Gasteiger charge is -2.35. The molecule has 2 heterocycles. The van der Waals surface area contributed by atoms with Crippen LogP contribution in [0.5, 0.6) is 0 Å². The van der Waals surface area contributed by atoms with Gasteiger partial charge in [0.05, 0.1) is 12.2 Å². The second-order valence-electron chi connectivity index (χ2n) is 7.18. The van der Waals surface area contributed by atoms with Crippen LogP contribution in [-0.4, -0.2) is 39.8 Å². The van der Waals surface area contributed by atoms with Gasteiger partial charge in [-0.3, -0.25) is 4.79 Å². The number of carbonyl (C=O) groups excluding carboxylic acids is 2. The number of allylic oxidation sites excluding steroid dienone is 1. The number of carbonyl (C=O) groups is 2. The van der Waals surface area contributed by atoms with Gasteiger partial charge in [-0.2, -0.15) is 10.1 Å². The van der Waals surface area contributed by atoms with Gasteiger partial charge < -0.3 is 15.0 Å². The van der Waals surface area contributed by atoms with Crippen LogP contribution in [0.4, 0.5) is 11.6 Å². The monoisotopic (exact) mass is 451 g/mol. The van der Waals surface area contributed by atoms with Crippen LogP contribution in [0, 0.1) is 0 Å². The summed E-state index contributed by atoms with van der Waals surface area (Å²) in [4.78, 5) is 31.9. The molecule has 0 fully saturated rings. The van der Waals surface area contributed by atoms with E-state index in [2.05, 4.69) is 15.4 Å². The second kappa shape index (κ2) is 9.23. The van der Waals surface area contributed by atoms with E-state index >= 15 is 0 Å².